The van der Waals surface area contributed by atoms with Crippen molar-refractivity contribution in [3.05, 3.63) is 64.2 Å². The molecule has 5 heteroatoms. The zero-order chi connectivity index (χ0) is 13.8. The van der Waals surface area contributed by atoms with Crippen molar-refractivity contribution in [3.63, 3.8) is 0 Å². The number of benzene rings is 2. The fourth-order valence-electron chi connectivity index (χ4n) is 1.58. The lowest BCUT2D eigenvalue weighted by Gasteiger charge is -2.09. The molecule has 0 aliphatic heterocycles. The van der Waals surface area contributed by atoms with Crippen molar-refractivity contribution >= 4 is 11.6 Å². The van der Waals surface area contributed by atoms with Gasteiger partial charge in [0.1, 0.15) is 24.0 Å². The quantitative estimate of drug-likeness (QED) is 0.929. The van der Waals surface area contributed by atoms with Crippen LogP contribution in [0.5, 0.6) is 5.75 Å². The molecule has 0 aliphatic carbocycles. The predicted octanol–water partition coefficient (Wildman–Crippen LogP) is 3.66. The van der Waals surface area contributed by atoms with E-state index in [1.165, 1.54) is 12.1 Å². The first-order valence-electron chi connectivity index (χ1n) is 5.65. The number of rotatable bonds is 4. The summed E-state index contributed by atoms with van der Waals surface area (Å²) in [5.41, 5.74) is 6.57. The maximum atomic E-state index is 13.4. The molecule has 2 aromatic rings. The van der Waals surface area contributed by atoms with Gasteiger partial charge in [-0.25, -0.2) is 8.78 Å². The lowest BCUT2D eigenvalue weighted by atomic mass is 10.2. The second-order valence-electron chi connectivity index (χ2n) is 3.98. The van der Waals surface area contributed by atoms with Gasteiger partial charge < -0.3 is 10.5 Å². The Kier molecular flexibility index (Phi) is 4.35. The molecule has 0 amide bonds. The Morgan fingerprint density at radius 3 is 2.42 bits per heavy atom. The molecule has 2 N–H and O–H groups in total. The fraction of sp³-hybridized carbons (Fsp3) is 0.143. The maximum Gasteiger partial charge on any atom is 0.132 e. The molecule has 0 saturated carbocycles. The van der Waals surface area contributed by atoms with Crippen molar-refractivity contribution < 1.29 is 13.5 Å². The minimum atomic E-state index is -0.635. The normalized spacial score (nSPS) is 10.5. The minimum absolute atomic E-state index is 0.00438. The number of ether oxygens (including phenoxy) is 1. The van der Waals surface area contributed by atoms with Gasteiger partial charge in [-0.3, -0.25) is 0 Å². The molecule has 0 fully saturated rings. The summed E-state index contributed by atoms with van der Waals surface area (Å²) in [5.74, 6) is -0.743. The van der Waals surface area contributed by atoms with Crippen LogP contribution >= 0.6 is 11.6 Å². The molecule has 0 aliphatic rings. The third kappa shape index (κ3) is 3.43. The Labute approximate surface area is 114 Å². The minimum Gasteiger partial charge on any atom is -0.489 e. The van der Waals surface area contributed by atoms with Gasteiger partial charge in [0, 0.05) is 23.2 Å². The molecule has 0 aromatic heterocycles. The summed E-state index contributed by atoms with van der Waals surface area (Å²) >= 11 is 5.98. The number of halogens is 3. The molecule has 0 heterocycles. The Balaban J connectivity index is 2.08. The first kappa shape index (κ1) is 13.8. The van der Waals surface area contributed by atoms with Crippen LogP contribution in [0.1, 0.15) is 11.1 Å². The van der Waals surface area contributed by atoms with Crippen LogP contribution in [-0.4, -0.2) is 0 Å². The molecular formula is C14H12ClF2NO. The van der Waals surface area contributed by atoms with Crippen LogP contribution in [0.3, 0.4) is 0 Å². The first-order chi connectivity index (χ1) is 9.10. The largest absolute Gasteiger partial charge is 0.489 e. The SMILES string of the molecule is NCc1ccc(OCc2ccc(F)cc2F)cc1Cl. The summed E-state index contributed by atoms with van der Waals surface area (Å²) in [6.07, 6.45) is 0. The van der Waals surface area contributed by atoms with Crippen LogP contribution in [0.25, 0.3) is 0 Å². The predicted molar refractivity (Wildman–Crippen MR) is 70.0 cm³/mol. The van der Waals surface area contributed by atoms with Gasteiger partial charge in [-0.05, 0) is 29.8 Å². The van der Waals surface area contributed by atoms with Crippen LogP contribution in [0.4, 0.5) is 8.78 Å². The monoisotopic (exact) mass is 283 g/mol. The standard InChI is InChI=1S/C14H12ClF2NO/c15-13-6-12(4-2-9(13)7-18)19-8-10-1-3-11(16)5-14(10)17/h1-6H,7-8,18H2. The molecule has 0 radical (unpaired) electrons. The van der Waals surface area contributed by atoms with E-state index in [2.05, 4.69) is 0 Å². The molecule has 0 unspecified atom stereocenters. The highest BCUT2D eigenvalue weighted by Crippen LogP contribution is 2.23. The number of nitrogens with two attached hydrogens (primary N) is 1. The maximum absolute atomic E-state index is 13.4. The van der Waals surface area contributed by atoms with Crippen LogP contribution < -0.4 is 10.5 Å². The molecule has 2 rings (SSSR count). The van der Waals surface area contributed by atoms with E-state index in [1.807, 2.05) is 0 Å². The fourth-order valence-corrected chi connectivity index (χ4v) is 1.83. The molecule has 0 saturated heterocycles. The van der Waals surface area contributed by atoms with Crippen LogP contribution in [0.2, 0.25) is 5.02 Å². The van der Waals surface area contributed by atoms with Crippen LogP contribution in [0, 0.1) is 11.6 Å². The average Bonchev–Trinajstić information content (AvgIpc) is 2.38. The highest BCUT2D eigenvalue weighted by molar-refractivity contribution is 6.31. The van der Waals surface area contributed by atoms with Crippen molar-refractivity contribution in [2.24, 2.45) is 5.73 Å². The zero-order valence-corrected chi connectivity index (χ0v) is 10.8. The van der Waals surface area contributed by atoms with Crippen molar-refractivity contribution in [2.75, 3.05) is 0 Å². The highest BCUT2D eigenvalue weighted by atomic mass is 35.5. The second-order valence-corrected chi connectivity index (χ2v) is 4.39. The van der Waals surface area contributed by atoms with Gasteiger partial charge in [0.2, 0.25) is 0 Å². The van der Waals surface area contributed by atoms with Crippen LogP contribution in [0.15, 0.2) is 36.4 Å². The van der Waals surface area contributed by atoms with Crippen molar-refractivity contribution in [1.82, 2.24) is 0 Å². The van der Waals surface area contributed by atoms with E-state index in [9.17, 15) is 8.78 Å². The molecular weight excluding hydrogens is 272 g/mol. The van der Waals surface area contributed by atoms with E-state index in [0.717, 1.165) is 11.6 Å². The zero-order valence-electron chi connectivity index (χ0n) is 10.00. The third-order valence-corrected chi connectivity index (χ3v) is 3.01. The summed E-state index contributed by atoms with van der Waals surface area (Å²) in [7, 11) is 0. The van der Waals surface area contributed by atoms with Gasteiger partial charge >= 0.3 is 0 Å². The molecule has 0 atom stereocenters. The summed E-state index contributed by atoms with van der Waals surface area (Å²) in [4.78, 5) is 0. The second kappa shape index (κ2) is 5.99. The van der Waals surface area contributed by atoms with Gasteiger partial charge in [0.05, 0.1) is 0 Å². The lowest BCUT2D eigenvalue weighted by Crippen LogP contribution is -2.00. The lowest BCUT2D eigenvalue weighted by molar-refractivity contribution is 0.299. The van der Waals surface area contributed by atoms with E-state index >= 15 is 0 Å². The van der Waals surface area contributed by atoms with Gasteiger partial charge in [-0.1, -0.05) is 17.7 Å². The first-order valence-corrected chi connectivity index (χ1v) is 6.03. The van der Waals surface area contributed by atoms with E-state index in [0.29, 0.717) is 17.3 Å². The number of hydrogen-bond acceptors (Lipinski definition) is 2. The molecule has 0 spiro atoms. The van der Waals surface area contributed by atoms with Crippen molar-refractivity contribution in [1.29, 1.82) is 0 Å². The molecule has 0 bridgehead atoms. The van der Waals surface area contributed by atoms with Crippen molar-refractivity contribution in [2.45, 2.75) is 13.2 Å². The third-order valence-electron chi connectivity index (χ3n) is 2.65. The summed E-state index contributed by atoms with van der Waals surface area (Å²) in [6.45, 7) is 0.343. The van der Waals surface area contributed by atoms with Crippen LogP contribution in [-0.2, 0) is 13.2 Å². The Bertz CT molecular complexity index is 590. The smallest absolute Gasteiger partial charge is 0.132 e. The average molecular weight is 284 g/mol. The van der Waals surface area contributed by atoms with Gasteiger partial charge in [0.15, 0.2) is 0 Å². The topological polar surface area (TPSA) is 35.2 Å². The summed E-state index contributed by atoms with van der Waals surface area (Å²) in [5, 5.41) is 0.500. The van der Waals surface area contributed by atoms with E-state index in [1.54, 1.807) is 18.2 Å². The van der Waals surface area contributed by atoms with Gasteiger partial charge in [-0.2, -0.15) is 0 Å². The highest BCUT2D eigenvalue weighted by Gasteiger charge is 2.06. The number of hydrogen-bond donors (Lipinski definition) is 1. The van der Waals surface area contributed by atoms with E-state index in [-0.39, 0.29) is 12.2 Å². The van der Waals surface area contributed by atoms with Crippen molar-refractivity contribution in [3.8, 4) is 5.75 Å². The summed E-state index contributed by atoms with van der Waals surface area (Å²) < 4.78 is 31.5. The Hall–Kier alpha value is -1.65. The molecule has 19 heavy (non-hydrogen) atoms. The van der Waals surface area contributed by atoms with E-state index in [4.69, 9.17) is 22.1 Å². The Morgan fingerprint density at radius 1 is 1.05 bits per heavy atom. The van der Waals surface area contributed by atoms with Gasteiger partial charge in [-0.15, -0.1) is 0 Å². The van der Waals surface area contributed by atoms with Gasteiger partial charge in [0.25, 0.3) is 0 Å². The summed E-state index contributed by atoms with van der Waals surface area (Å²) in [6, 6.07) is 8.43. The molecule has 2 aromatic carbocycles. The molecule has 100 valence electrons. The molecule has 2 nitrogen and oxygen atoms in total. The van der Waals surface area contributed by atoms with E-state index < -0.39 is 11.6 Å². The Morgan fingerprint density at radius 2 is 1.79 bits per heavy atom.